The normalized spacial score (nSPS) is 16.3. The third-order valence-electron chi connectivity index (χ3n) is 32.9. The predicted octanol–water partition coefficient (Wildman–Crippen LogP) is 25.6. The molecule has 145 heavy (non-hydrogen) atoms. The van der Waals surface area contributed by atoms with Gasteiger partial charge in [-0.2, -0.15) is 18.3 Å². The summed E-state index contributed by atoms with van der Waals surface area (Å²) in [5, 5.41) is 10.2. The Kier molecular flexibility index (Phi) is 14.3. The van der Waals surface area contributed by atoms with Crippen molar-refractivity contribution in [2.45, 2.75) is 17.0 Å². The molecule has 3 atom stereocenters. The molecule has 10 aromatic heterocycles. The molecule has 10 aliphatic rings. The highest BCUT2D eigenvalue weighted by Gasteiger charge is 2.74. The molecule has 0 amide bonds. The van der Waals surface area contributed by atoms with Gasteiger partial charge in [-0.15, -0.1) is 14.0 Å². The second-order valence-corrected chi connectivity index (χ2v) is 39.6. The first-order valence-electron chi connectivity index (χ1n) is 49.8. The molecule has 0 saturated heterocycles. The predicted molar refractivity (Wildman–Crippen MR) is 564 cm³/mol. The highest BCUT2D eigenvalue weighted by atomic mass is 16.5. The second kappa shape index (κ2) is 27.1. The van der Waals surface area contributed by atoms with Crippen LogP contribution in [0.4, 0.5) is 17.1 Å². The number of pyridine rings is 3. The zero-order valence-electron chi connectivity index (χ0n) is 77.6. The van der Waals surface area contributed by atoms with Crippen molar-refractivity contribution in [3.05, 3.63) is 508 Å². The number of para-hydroxylation sites is 6. The van der Waals surface area contributed by atoms with Crippen LogP contribution in [0.3, 0.4) is 0 Å². The smallest absolute Gasteiger partial charge is 0.449 e. The van der Waals surface area contributed by atoms with Crippen LogP contribution in [0, 0.1) is 0 Å². The van der Waals surface area contributed by atoms with E-state index in [1.54, 1.807) is 0 Å². The van der Waals surface area contributed by atoms with E-state index in [4.69, 9.17) is 9.47 Å². The Bertz CT molecular complexity index is 10500. The number of rotatable bonds is 6. The van der Waals surface area contributed by atoms with Crippen molar-refractivity contribution in [2.24, 2.45) is 0 Å². The quantitative estimate of drug-likeness (QED) is 0.156. The molecule has 17 aromatic carbocycles. The van der Waals surface area contributed by atoms with Crippen LogP contribution in [-0.4, -0.2) is 32.3 Å². The number of anilines is 3. The molecule has 0 bridgehead atoms. The minimum absolute atomic E-state index is 0.655. The van der Waals surface area contributed by atoms with Crippen LogP contribution < -0.4 is 42.1 Å². The van der Waals surface area contributed by atoms with E-state index in [2.05, 4.69) is 515 Å². The van der Waals surface area contributed by atoms with Crippen LogP contribution in [0.15, 0.2) is 474 Å². The van der Waals surface area contributed by atoms with Gasteiger partial charge in [0.2, 0.25) is 18.6 Å². The maximum absolute atomic E-state index is 6.66. The van der Waals surface area contributed by atoms with E-state index in [-0.39, 0.29) is 0 Å². The Morgan fingerprint density at radius 1 is 0.200 bits per heavy atom. The molecule has 27 aromatic rings. The van der Waals surface area contributed by atoms with E-state index in [0.717, 1.165) is 68.4 Å². The first-order valence-corrected chi connectivity index (χ1v) is 49.8. The molecular weight excluding hydrogens is 1780 g/mol. The van der Waals surface area contributed by atoms with E-state index in [1.807, 2.05) is 24.3 Å². The third kappa shape index (κ3) is 9.23. The molecule has 37 rings (SSSR count). The Morgan fingerprint density at radius 3 is 1.13 bits per heavy atom. The molecule has 16 nitrogen and oxygen atoms in total. The van der Waals surface area contributed by atoms with Crippen LogP contribution in [0.5, 0.6) is 23.1 Å². The zero-order chi connectivity index (χ0) is 93.9. The van der Waals surface area contributed by atoms with Gasteiger partial charge in [-0.3, -0.25) is 0 Å². The summed E-state index contributed by atoms with van der Waals surface area (Å²) in [5.74, 6) is 4.47. The fourth-order valence-corrected chi connectivity index (χ4v) is 27.3. The summed E-state index contributed by atoms with van der Waals surface area (Å²) < 4.78 is 45.3. The van der Waals surface area contributed by atoms with Gasteiger partial charge in [-0.05, 0) is 200 Å². The topological polar surface area (TPSA) is 79.5 Å². The maximum Gasteiger partial charge on any atom is 0.449 e. The van der Waals surface area contributed by atoms with Gasteiger partial charge < -0.3 is 23.5 Å². The molecule has 3 spiro atoms. The molecule has 20 heterocycles. The molecule has 10 aliphatic heterocycles. The lowest BCUT2D eigenvalue weighted by Crippen LogP contribution is -2.76. The maximum atomic E-state index is 6.66. The van der Waals surface area contributed by atoms with Crippen molar-refractivity contribution in [3.8, 4) is 130 Å². The first-order chi connectivity index (χ1) is 71.9. The van der Waals surface area contributed by atoms with Gasteiger partial charge in [-0.1, -0.05) is 269 Å². The molecule has 0 aliphatic carbocycles. The summed E-state index contributed by atoms with van der Waals surface area (Å²) in [5.41, 5.74) is 40.2. The summed E-state index contributed by atoms with van der Waals surface area (Å²) in [7, 11) is 0. The van der Waals surface area contributed by atoms with Crippen molar-refractivity contribution in [2.75, 3.05) is 4.90 Å². The third-order valence-corrected chi connectivity index (χ3v) is 32.9. The van der Waals surface area contributed by atoms with Gasteiger partial charge in [-0.25, -0.2) is 0 Å². The molecule has 0 saturated carbocycles. The Labute approximate surface area is 827 Å². The minimum atomic E-state index is -0.740. The van der Waals surface area contributed by atoms with Gasteiger partial charge in [0.1, 0.15) is 56.0 Å². The number of fused-ring (bicyclic) bond motifs is 27. The van der Waals surface area contributed by atoms with Crippen molar-refractivity contribution in [3.63, 3.8) is 0 Å². The monoisotopic (exact) mass is 1850 g/mol. The summed E-state index contributed by atoms with van der Waals surface area (Å²) in [6.45, 7) is 0. The number of aromatic nitrogens is 13. The lowest BCUT2D eigenvalue weighted by atomic mass is 9.81. The van der Waals surface area contributed by atoms with E-state index in [1.165, 1.54) is 199 Å². The average molecular weight is 1860 g/mol. The number of benzene rings is 17. The number of nitrogens with zero attached hydrogens (tertiary/aromatic N) is 14. The molecule has 3 unspecified atom stereocenters. The highest BCUT2D eigenvalue weighted by molar-refractivity contribution is 6.18. The van der Waals surface area contributed by atoms with Gasteiger partial charge >= 0.3 is 28.5 Å². The standard InChI is InChI=1S/2C45H27N5.C39H24N4O2/c1-2-10-28(11-3-1)29-19-21-30(22-20-29)31-26-47-38-17-8-18-39-41(38)45(48(47)27-31)42-40(24-23-34-32-12-4-6-15-36(32)49(39)43(34)42)50-37-16-7-5-13-33(37)35-14-9-25-46(45)44(35)50;1-2-10-28(11-3-1)29-17-19-30(20-18-29)31-26-47-38-23-21-34-32-12-4-6-14-36(32)49-39-24-22-35-33-13-5-7-15-37(33)50-40-16-8-9-25-46(40)45(48(47)27-31,41(38)43(34)49)42(39)44(35)50;1-2-9-25(10-3-1)26-16-18-27(19-17-26)28-23-41-30-20-21-34-38-37(30)39(42(41)24-28)36-31(43(38)29-11-4-5-13-32(29)44-34)12-8-14-33(36)45-35-15-6-7-22-40(35)39/h2*1-27H;1-24H/q3*+2. The molecule has 16 heteroatoms. The summed E-state index contributed by atoms with van der Waals surface area (Å²) in [4.78, 5) is 2.36. The van der Waals surface area contributed by atoms with E-state index < -0.39 is 17.0 Å². The average Bonchev–Trinajstić information content (AvgIpc) is 1.46. The molecule has 0 radical (unpaired) electrons. The molecule has 670 valence electrons. The van der Waals surface area contributed by atoms with E-state index >= 15 is 0 Å². The highest BCUT2D eigenvalue weighted by Crippen LogP contribution is 2.65. The summed E-state index contributed by atoms with van der Waals surface area (Å²) >= 11 is 0. The Morgan fingerprint density at radius 2 is 0.566 bits per heavy atom. The molecular formula is C129H78N14O2+6. The number of hydrogen-bond acceptors (Lipinski definition) is 3. The second-order valence-electron chi connectivity index (χ2n) is 39.6. The van der Waals surface area contributed by atoms with Crippen LogP contribution in [-0.2, 0) is 17.0 Å². The van der Waals surface area contributed by atoms with E-state index in [0.29, 0.717) is 0 Å². The summed E-state index contributed by atoms with van der Waals surface area (Å²) in [6, 6.07) is 151. The van der Waals surface area contributed by atoms with Crippen LogP contribution >= 0.6 is 0 Å². The number of hydrogen-bond donors (Lipinski definition) is 0. The van der Waals surface area contributed by atoms with Crippen LogP contribution in [0.2, 0.25) is 0 Å². The largest absolute Gasteiger partial charge is 0.453 e. The fraction of sp³-hybridized carbons (Fsp3) is 0.0233. The number of ether oxygens (including phenoxy) is 2. The minimum Gasteiger partial charge on any atom is -0.453 e. The first kappa shape index (κ1) is 76.4. The van der Waals surface area contributed by atoms with Crippen molar-refractivity contribution in [1.29, 1.82) is 0 Å². The SMILES string of the molecule is c1ccc(-c2ccc(-c3cn4[n+](c3)C35c6c(cccc6-4)-n4c6ccccc6c6ccc(c3c64)-n3c4ccccc4c4ccc[n+]5c43)cc2)cc1.c1ccc(-c2ccc(-c3cn4[n+](c3)C35c6c(cccc6N6c7ccccc7Oc7ccc-4c3c76)Oc3cccc[n+]35)cc2)cc1.c1ccc(-c2ccc(-c3cn4[n+](c3)C35c6c-4ccc4c7ccccc7n(c64)-c4ccc6c7ccccc7n(c6c43)-c3cccc[n+]35)cc2)cc1. The van der Waals surface area contributed by atoms with Gasteiger partial charge in [0.15, 0.2) is 45.8 Å². The van der Waals surface area contributed by atoms with Crippen LogP contribution in [0.25, 0.3) is 194 Å². The molecule has 0 fully saturated rings. The van der Waals surface area contributed by atoms with Crippen LogP contribution in [0.1, 0.15) is 33.4 Å². The van der Waals surface area contributed by atoms with Gasteiger partial charge in [0.05, 0.1) is 104 Å². The van der Waals surface area contributed by atoms with Gasteiger partial charge in [0.25, 0.3) is 5.82 Å². The van der Waals surface area contributed by atoms with Crippen molar-refractivity contribution >= 4 is 104 Å². The van der Waals surface area contributed by atoms with Crippen molar-refractivity contribution < 1.29 is 37.2 Å². The zero-order valence-corrected chi connectivity index (χ0v) is 77.6. The summed E-state index contributed by atoms with van der Waals surface area (Å²) in [6.07, 6.45) is 20.7. The Balaban J connectivity index is 0.0000000922. The fourth-order valence-electron chi connectivity index (χ4n) is 27.3. The lowest BCUT2D eigenvalue weighted by Gasteiger charge is -2.41. The van der Waals surface area contributed by atoms with E-state index in [9.17, 15) is 0 Å². The Hall–Kier alpha value is -19.6. The lowest BCUT2D eigenvalue weighted by molar-refractivity contribution is -0.997. The van der Waals surface area contributed by atoms with Gasteiger partial charge in [0, 0.05) is 49.8 Å². The van der Waals surface area contributed by atoms with Crippen molar-refractivity contribution in [1.82, 2.24) is 32.3 Å². The molecule has 0 N–H and O–H groups in total.